The van der Waals surface area contributed by atoms with Gasteiger partial charge in [0.15, 0.2) is 11.5 Å². The third-order valence-corrected chi connectivity index (χ3v) is 5.24. The lowest BCUT2D eigenvalue weighted by Crippen LogP contribution is -2.21. The highest BCUT2D eigenvalue weighted by molar-refractivity contribution is 7.80. The molecule has 150 valence electrons. The van der Waals surface area contributed by atoms with E-state index in [1.54, 1.807) is 13.2 Å². The first-order chi connectivity index (χ1) is 14.0. The van der Waals surface area contributed by atoms with E-state index in [0.717, 1.165) is 16.7 Å². The summed E-state index contributed by atoms with van der Waals surface area (Å²) in [5, 5.41) is 4.39. The lowest BCUT2D eigenvalue weighted by molar-refractivity contribution is 0.284. The molecule has 1 N–H and O–H groups in total. The van der Waals surface area contributed by atoms with Gasteiger partial charge in [0, 0.05) is 17.1 Å². The average molecular weight is 446 g/mol. The van der Waals surface area contributed by atoms with Gasteiger partial charge in [-0.3, -0.25) is 0 Å². The minimum atomic E-state index is 0.350. The first kappa shape index (κ1) is 21.4. The van der Waals surface area contributed by atoms with E-state index >= 15 is 0 Å². The molecule has 0 fully saturated rings. The Bertz CT molecular complexity index is 1010. The van der Waals surface area contributed by atoms with Gasteiger partial charge in [-0.25, -0.2) is 0 Å². The first-order valence-electron chi connectivity index (χ1n) is 9.05. The number of nitrogens with one attached hydrogen (secondary N) is 1. The summed E-state index contributed by atoms with van der Waals surface area (Å²) in [6.07, 6.45) is 0. The molecule has 0 unspecified atom stereocenters. The Hall–Kier alpha value is -2.27. The monoisotopic (exact) mass is 445 g/mol. The minimum absolute atomic E-state index is 0.350. The standard InChI is InChI=1S/C23H21Cl2NO2S/c1-15-4-3-5-17(10-15)13-26-23(29)18-11-20(25)22(21(12-18)27-2)28-14-16-6-8-19(24)9-7-16/h3-12H,13-14H2,1-2H3,(H,26,29). The van der Waals surface area contributed by atoms with Crippen LogP contribution in [0.3, 0.4) is 0 Å². The number of hydrogen-bond donors (Lipinski definition) is 1. The number of ether oxygens (including phenoxy) is 2. The zero-order valence-electron chi connectivity index (χ0n) is 16.2. The average Bonchev–Trinajstić information content (AvgIpc) is 2.72. The molecule has 0 saturated carbocycles. The van der Waals surface area contributed by atoms with Gasteiger partial charge in [-0.2, -0.15) is 0 Å². The summed E-state index contributed by atoms with van der Waals surface area (Å²) in [6, 6.07) is 19.3. The molecule has 0 aliphatic carbocycles. The molecule has 29 heavy (non-hydrogen) atoms. The number of aryl methyl sites for hydroxylation is 1. The summed E-state index contributed by atoms with van der Waals surface area (Å²) < 4.78 is 11.4. The topological polar surface area (TPSA) is 30.5 Å². The Morgan fingerprint density at radius 1 is 1.00 bits per heavy atom. The van der Waals surface area contributed by atoms with Crippen LogP contribution in [0.2, 0.25) is 10.0 Å². The second kappa shape index (κ2) is 9.97. The number of methoxy groups -OCH3 is 1. The van der Waals surface area contributed by atoms with Crippen LogP contribution in [-0.2, 0) is 13.2 Å². The van der Waals surface area contributed by atoms with Gasteiger partial charge < -0.3 is 14.8 Å². The van der Waals surface area contributed by atoms with Crippen molar-refractivity contribution in [1.82, 2.24) is 5.32 Å². The van der Waals surface area contributed by atoms with Crippen LogP contribution in [0.5, 0.6) is 11.5 Å². The Balaban J connectivity index is 1.71. The quantitative estimate of drug-likeness (QED) is 0.428. The molecule has 3 rings (SSSR count). The maximum absolute atomic E-state index is 6.47. The number of halogens is 2. The smallest absolute Gasteiger partial charge is 0.180 e. The fourth-order valence-electron chi connectivity index (χ4n) is 2.83. The van der Waals surface area contributed by atoms with Crippen molar-refractivity contribution in [2.24, 2.45) is 0 Å². The van der Waals surface area contributed by atoms with Crippen molar-refractivity contribution in [3.05, 3.63) is 93.0 Å². The third kappa shape index (κ3) is 5.86. The second-order valence-electron chi connectivity index (χ2n) is 6.58. The van der Waals surface area contributed by atoms with E-state index in [0.29, 0.717) is 39.7 Å². The molecule has 3 aromatic rings. The third-order valence-electron chi connectivity index (χ3n) is 4.32. The summed E-state index contributed by atoms with van der Waals surface area (Å²) in [7, 11) is 1.58. The summed E-state index contributed by atoms with van der Waals surface area (Å²) in [5.74, 6) is 1.01. The molecule has 0 aliphatic rings. The predicted octanol–water partition coefficient (Wildman–Crippen LogP) is 6.35. The van der Waals surface area contributed by atoms with Crippen LogP contribution in [0, 0.1) is 6.92 Å². The van der Waals surface area contributed by atoms with E-state index in [-0.39, 0.29) is 0 Å². The normalized spacial score (nSPS) is 10.5. The van der Waals surface area contributed by atoms with Crippen LogP contribution in [0.25, 0.3) is 0 Å². The summed E-state index contributed by atoms with van der Waals surface area (Å²) in [5.41, 5.74) is 4.12. The van der Waals surface area contributed by atoms with Gasteiger partial charge in [0.2, 0.25) is 0 Å². The number of benzene rings is 3. The minimum Gasteiger partial charge on any atom is -0.493 e. The fourth-order valence-corrected chi connectivity index (χ4v) is 3.41. The number of thiocarbonyl (C=S) groups is 1. The molecule has 0 saturated heterocycles. The van der Waals surface area contributed by atoms with E-state index < -0.39 is 0 Å². The van der Waals surface area contributed by atoms with Crippen molar-refractivity contribution in [1.29, 1.82) is 0 Å². The molecule has 3 nitrogen and oxygen atoms in total. The van der Waals surface area contributed by atoms with Gasteiger partial charge >= 0.3 is 0 Å². The zero-order valence-corrected chi connectivity index (χ0v) is 18.5. The maximum atomic E-state index is 6.47. The molecule has 0 amide bonds. The molecule has 3 aromatic carbocycles. The van der Waals surface area contributed by atoms with Crippen LogP contribution in [0.1, 0.15) is 22.3 Å². The lowest BCUT2D eigenvalue weighted by atomic mass is 10.1. The molecule has 0 radical (unpaired) electrons. The van der Waals surface area contributed by atoms with Crippen LogP contribution >= 0.6 is 35.4 Å². The van der Waals surface area contributed by atoms with E-state index in [9.17, 15) is 0 Å². The lowest BCUT2D eigenvalue weighted by Gasteiger charge is -2.15. The van der Waals surface area contributed by atoms with E-state index in [1.807, 2.05) is 36.4 Å². The van der Waals surface area contributed by atoms with Gasteiger partial charge in [-0.1, -0.05) is 77.4 Å². The van der Waals surface area contributed by atoms with E-state index in [4.69, 9.17) is 44.9 Å². The van der Waals surface area contributed by atoms with Crippen molar-refractivity contribution in [3.8, 4) is 11.5 Å². The Labute approximate surface area is 186 Å². The molecular formula is C23H21Cl2NO2S. The number of rotatable bonds is 7. The van der Waals surface area contributed by atoms with E-state index in [2.05, 4.69) is 30.4 Å². The van der Waals surface area contributed by atoms with Crippen LogP contribution in [0.15, 0.2) is 60.7 Å². The predicted molar refractivity (Wildman–Crippen MR) is 124 cm³/mol. The summed E-state index contributed by atoms with van der Waals surface area (Å²) in [4.78, 5) is 0.593. The molecular weight excluding hydrogens is 425 g/mol. The fraction of sp³-hybridized carbons (Fsp3) is 0.174. The molecule has 0 atom stereocenters. The largest absolute Gasteiger partial charge is 0.493 e. The molecule has 0 heterocycles. The Kier molecular flexibility index (Phi) is 7.37. The van der Waals surface area contributed by atoms with Crippen molar-refractivity contribution < 1.29 is 9.47 Å². The summed E-state index contributed by atoms with van der Waals surface area (Å²) >= 11 is 17.9. The highest BCUT2D eigenvalue weighted by Crippen LogP contribution is 2.37. The van der Waals surface area contributed by atoms with Gasteiger partial charge in [-0.15, -0.1) is 0 Å². The van der Waals surface area contributed by atoms with Crippen molar-refractivity contribution >= 4 is 40.4 Å². The Morgan fingerprint density at radius 2 is 1.76 bits per heavy atom. The Morgan fingerprint density at radius 3 is 2.45 bits per heavy atom. The van der Waals surface area contributed by atoms with Crippen molar-refractivity contribution in [2.45, 2.75) is 20.1 Å². The van der Waals surface area contributed by atoms with Gasteiger partial charge in [0.1, 0.15) is 11.6 Å². The molecule has 0 aliphatic heterocycles. The second-order valence-corrected chi connectivity index (χ2v) is 7.83. The molecule has 0 bridgehead atoms. The summed E-state index contributed by atoms with van der Waals surface area (Å²) in [6.45, 7) is 3.05. The van der Waals surface area contributed by atoms with Crippen LogP contribution in [-0.4, -0.2) is 12.1 Å². The van der Waals surface area contributed by atoms with E-state index in [1.165, 1.54) is 5.56 Å². The molecule has 0 aromatic heterocycles. The maximum Gasteiger partial charge on any atom is 0.180 e. The molecule has 6 heteroatoms. The van der Waals surface area contributed by atoms with Crippen LogP contribution < -0.4 is 14.8 Å². The van der Waals surface area contributed by atoms with Gasteiger partial charge in [0.25, 0.3) is 0 Å². The molecule has 0 spiro atoms. The van der Waals surface area contributed by atoms with Crippen LogP contribution in [0.4, 0.5) is 0 Å². The van der Waals surface area contributed by atoms with Crippen molar-refractivity contribution in [3.63, 3.8) is 0 Å². The highest BCUT2D eigenvalue weighted by atomic mass is 35.5. The highest BCUT2D eigenvalue weighted by Gasteiger charge is 2.14. The van der Waals surface area contributed by atoms with Crippen molar-refractivity contribution in [2.75, 3.05) is 7.11 Å². The SMILES string of the molecule is COc1cc(C(=S)NCc2cccc(C)c2)cc(Cl)c1OCc1ccc(Cl)cc1. The van der Waals surface area contributed by atoms with Gasteiger partial charge in [0.05, 0.1) is 12.1 Å². The number of hydrogen-bond acceptors (Lipinski definition) is 3. The van der Waals surface area contributed by atoms with Gasteiger partial charge in [-0.05, 0) is 42.3 Å². The zero-order chi connectivity index (χ0) is 20.8. The first-order valence-corrected chi connectivity index (χ1v) is 10.2.